The summed E-state index contributed by atoms with van der Waals surface area (Å²) in [5.41, 5.74) is 2.31. The highest BCUT2D eigenvalue weighted by molar-refractivity contribution is 6.59. The van der Waals surface area contributed by atoms with E-state index in [1.54, 1.807) is 12.1 Å². The van der Waals surface area contributed by atoms with E-state index >= 15 is 0 Å². The Labute approximate surface area is 118 Å². The second-order valence-electron chi connectivity index (χ2n) is 4.43. The molecule has 2 aromatic rings. The van der Waals surface area contributed by atoms with Crippen LogP contribution in [0.5, 0.6) is 5.75 Å². The molecule has 2 N–H and O–H groups in total. The van der Waals surface area contributed by atoms with Crippen LogP contribution in [0.25, 0.3) is 0 Å². The van der Waals surface area contributed by atoms with E-state index in [4.69, 9.17) is 9.47 Å². The van der Waals surface area contributed by atoms with Crippen LogP contribution in [0.2, 0.25) is 0 Å². The molecule has 0 amide bonds. The van der Waals surface area contributed by atoms with E-state index < -0.39 is 7.12 Å². The molecule has 0 heterocycles. The van der Waals surface area contributed by atoms with E-state index in [0.29, 0.717) is 24.4 Å². The number of hydrogen-bond donors (Lipinski definition) is 2. The molecule has 4 nitrogen and oxygen atoms in total. The third kappa shape index (κ3) is 3.84. The summed E-state index contributed by atoms with van der Waals surface area (Å²) in [6.45, 7) is 0.919. The van der Waals surface area contributed by atoms with Gasteiger partial charge in [0, 0.05) is 5.46 Å². The highest BCUT2D eigenvalue weighted by Crippen LogP contribution is 2.11. The lowest BCUT2D eigenvalue weighted by atomic mass is 9.79. The SMILES string of the molecule is COc1ccc(COCc2ccccc2)cc1B(O)O. The molecule has 104 valence electrons. The summed E-state index contributed by atoms with van der Waals surface area (Å²) in [4.78, 5) is 0. The minimum absolute atomic E-state index is 0.341. The van der Waals surface area contributed by atoms with Crippen LogP contribution in [-0.4, -0.2) is 24.3 Å². The number of hydrogen-bond acceptors (Lipinski definition) is 4. The van der Waals surface area contributed by atoms with Crippen LogP contribution in [0.1, 0.15) is 11.1 Å². The third-order valence-corrected chi connectivity index (χ3v) is 2.95. The number of benzene rings is 2. The van der Waals surface area contributed by atoms with Gasteiger partial charge < -0.3 is 19.5 Å². The lowest BCUT2D eigenvalue weighted by Crippen LogP contribution is -2.31. The van der Waals surface area contributed by atoms with Gasteiger partial charge in [0.05, 0.1) is 20.3 Å². The van der Waals surface area contributed by atoms with Crippen LogP contribution in [0.4, 0.5) is 0 Å². The second kappa shape index (κ2) is 7.10. The molecule has 5 heteroatoms. The highest BCUT2D eigenvalue weighted by Gasteiger charge is 2.17. The van der Waals surface area contributed by atoms with Gasteiger partial charge in [-0.05, 0) is 17.2 Å². The van der Waals surface area contributed by atoms with Gasteiger partial charge in [-0.2, -0.15) is 0 Å². The largest absolute Gasteiger partial charge is 0.497 e. The van der Waals surface area contributed by atoms with Crippen molar-refractivity contribution in [1.82, 2.24) is 0 Å². The second-order valence-corrected chi connectivity index (χ2v) is 4.43. The monoisotopic (exact) mass is 272 g/mol. The van der Waals surface area contributed by atoms with Crippen molar-refractivity contribution in [3.63, 3.8) is 0 Å². The molecule has 0 saturated carbocycles. The van der Waals surface area contributed by atoms with Crippen LogP contribution in [-0.2, 0) is 18.0 Å². The summed E-state index contributed by atoms with van der Waals surface area (Å²) in [6.07, 6.45) is 0. The van der Waals surface area contributed by atoms with Crippen molar-refractivity contribution in [2.45, 2.75) is 13.2 Å². The Morgan fingerprint density at radius 2 is 1.65 bits per heavy atom. The van der Waals surface area contributed by atoms with Crippen LogP contribution < -0.4 is 10.2 Å². The maximum Gasteiger partial charge on any atom is 0.492 e. The number of ether oxygens (including phenoxy) is 2. The van der Waals surface area contributed by atoms with Crippen molar-refractivity contribution >= 4 is 12.6 Å². The molecule has 0 radical (unpaired) electrons. The smallest absolute Gasteiger partial charge is 0.492 e. The fourth-order valence-corrected chi connectivity index (χ4v) is 1.94. The molecule has 2 aromatic carbocycles. The molecule has 0 saturated heterocycles. The molecule has 0 aliphatic heterocycles. The maximum atomic E-state index is 9.30. The quantitative estimate of drug-likeness (QED) is 0.773. The lowest BCUT2D eigenvalue weighted by Gasteiger charge is -2.10. The first-order chi connectivity index (χ1) is 9.70. The molecule has 0 fully saturated rings. The topological polar surface area (TPSA) is 58.9 Å². The van der Waals surface area contributed by atoms with Gasteiger partial charge in [0.1, 0.15) is 5.75 Å². The fourth-order valence-electron chi connectivity index (χ4n) is 1.94. The number of methoxy groups -OCH3 is 1. The van der Waals surface area contributed by atoms with Crippen molar-refractivity contribution in [1.29, 1.82) is 0 Å². The van der Waals surface area contributed by atoms with Gasteiger partial charge in [-0.25, -0.2) is 0 Å². The Kier molecular flexibility index (Phi) is 5.18. The van der Waals surface area contributed by atoms with E-state index in [0.717, 1.165) is 11.1 Å². The molecule has 0 aliphatic rings. The first-order valence-corrected chi connectivity index (χ1v) is 6.35. The van der Waals surface area contributed by atoms with Crippen LogP contribution in [0.15, 0.2) is 48.5 Å². The van der Waals surface area contributed by atoms with Crippen LogP contribution >= 0.6 is 0 Å². The normalized spacial score (nSPS) is 10.3. The van der Waals surface area contributed by atoms with Gasteiger partial charge >= 0.3 is 7.12 Å². The average Bonchev–Trinajstić information content (AvgIpc) is 2.48. The molecule has 2 rings (SSSR count). The molecule has 0 aliphatic carbocycles. The van der Waals surface area contributed by atoms with Gasteiger partial charge in [0.25, 0.3) is 0 Å². The van der Waals surface area contributed by atoms with E-state index in [9.17, 15) is 10.0 Å². The van der Waals surface area contributed by atoms with Gasteiger partial charge in [-0.15, -0.1) is 0 Å². The Morgan fingerprint density at radius 1 is 0.950 bits per heavy atom. The predicted octanol–water partition coefficient (Wildman–Crippen LogP) is 1.09. The first kappa shape index (κ1) is 14.6. The van der Waals surface area contributed by atoms with E-state index in [2.05, 4.69) is 0 Å². The van der Waals surface area contributed by atoms with Crippen molar-refractivity contribution < 1.29 is 19.5 Å². The molecule has 20 heavy (non-hydrogen) atoms. The Morgan fingerprint density at radius 3 is 2.30 bits per heavy atom. The summed E-state index contributed by atoms with van der Waals surface area (Å²) < 4.78 is 10.7. The zero-order valence-electron chi connectivity index (χ0n) is 11.3. The van der Waals surface area contributed by atoms with Crippen LogP contribution in [0, 0.1) is 0 Å². The summed E-state index contributed by atoms with van der Waals surface area (Å²) in [6, 6.07) is 15.1. The molecule has 0 bridgehead atoms. The molecule has 0 atom stereocenters. The molecular formula is C15H17BO4. The minimum atomic E-state index is -1.56. The summed E-state index contributed by atoms with van der Waals surface area (Å²) in [7, 11) is -0.0636. The van der Waals surface area contributed by atoms with Crippen LogP contribution in [0.3, 0.4) is 0 Å². The maximum absolute atomic E-state index is 9.30. The molecule has 0 spiro atoms. The van der Waals surface area contributed by atoms with Gasteiger partial charge in [-0.1, -0.05) is 42.5 Å². The zero-order chi connectivity index (χ0) is 14.4. The molecular weight excluding hydrogens is 255 g/mol. The first-order valence-electron chi connectivity index (χ1n) is 6.35. The van der Waals surface area contributed by atoms with Gasteiger partial charge in [0.15, 0.2) is 0 Å². The van der Waals surface area contributed by atoms with Gasteiger partial charge in [0.2, 0.25) is 0 Å². The third-order valence-electron chi connectivity index (χ3n) is 2.95. The average molecular weight is 272 g/mol. The summed E-state index contributed by atoms with van der Waals surface area (Å²) in [5.74, 6) is 0.451. The van der Waals surface area contributed by atoms with Crippen molar-refractivity contribution in [2.24, 2.45) is 0 Å². The van der Waals surface area contributed by atoms with E-state index in [1.165, 1.54) is 7.11 Å². The van der Waals surface area contributed by atoms with Crippen molar-refractivity contribution in [3.05, 3.63) is 59.7 Å². The van der Waals surface area contributed by atoms with Crippen molar-refractivity contribution in [3.8, 4) is 5.75 Å². The summed E-state index contributed by atoms with van der Waals surface area (Å²) in [5, 5.41) is 18.6. The Hall–Kier alpha value is -1.82. The molecule has 0 aromatic heterocycles. The molecule has 0 unspecified atom stereocenters. The minimum Gasteiger partial charge on any atom is -0.497 e. The highest BCUT2D eigenvalue weighted by atomic mass is 16.5. The van der Waals surface area contributed by atoms with Gasteiger partial charge in [-0.3, -0.25) is 0 Å². The number of rotatable bonds is 6. The summed E-state index contributed by atoms with van der Waals surface area (Å²) >= 11 is 0. The van der Waals surface area contributed by atoms with E-state index in [1.807, 2.05) is 36.4 Å². The lowest BCUT2D eigenvalue weighted by molar-refractivity contribution is 0.107. The van der Waals surface area contributed by atoms with Crippen molar-refractivity contribution in [2.75, 3.05) is 7.11 Å². The standard InChI is InChI=1S/C15H17BO4/c1-19-15-8-7-13(9-14(15)16(17)18)11-20-10-12-5-3-2-4-6-12/h2-9,17-18H,10-11H2,1H3. The van der Waals surface area contributed by atoms with E-state index in [-0.39, 0.29) is 0 Å². The Bertz CT molecular complexity index is 543. The zero-order valence-corrected chi connectivity index (χ0v) is 11.3. The predicted molar refractivity (Wildman–Crippen MR) is 77.8 cm³/mol. The fraction of sp³-hybridized carbons (Fsp3) is 0.200. The Balaban J connectivity index is 1.98.